The lowest BCUT2D eigenvalue weighted by molar-refractivity contribution is -0.140. The Morgan fingerprint density at radius 1 is 1.10 bits per heavy atom. The third-order valence-corrected chi connectivity index (χ3v) is 5.52. The van der Waals surface area contributed by atoms with Crippen molar-refractivity contribution in [3.05, 3.63) is 93.9 Å². The van der Waals surface area contributed by atoms with E-state index in [0.29, 0.717) is 22.6 Å². The van der Waals surface area contributed by atoms with Gasteiger partial charge in [-0.1, -0.05) is 28.1 Å². The van der Waals surface area contributed by atoms with E-state index in [9.17, 15) is 14.7 Å². The van der Waals surface area contributed by atoms with E-state index in [1.54, 1.807) is 43.5 Å². The zero-order valence-corrected chi connectivity index (χ0v) is 17.6. The van der Waals surface area contributed by atoms with Gasteiger partial charge in [-0.15, -0.1) is 0 Å². The molecule has 1 saturated heterocycles. The van der Waals surface area contributed by atoms with Crippen molar-refractivity contribution in [2.45, 2.75) is 12.6 Å². The number of nitrogens with zero attached hydrogens (tertiary/aromatic N) is 1. The molecule has 7 heteroatoms. The number of likely N-dealkylation sites (tertiary alicyclic amines) is 1. The van der Waals surface area contributed by atoms with Crippen LogP contribution in [0.15, 0.2) is 81.4 Å². The number of carbonyl (C=O) groups is 2. The van der Waals surface area contributed by atoms with E-state index in [-0.39, 0.29) is 17.9 Å². The number of hydrogen-bond acceptors (Lipinski definition) is 5. The van der Waals surface area contributed by atoms with Crippen molar-refractivity contribution in [3.63, 3.8) is 0 Å². The molecule has 6 nitrogen and oxygen atoms in total. The number of ether oxygens (including phenoxy) is 1. The Balaban J connectivity index is 1.84. The summed E-state index contributed by atoms with van der Waals surface area (Å²) in [5.74, 6) is -0.485. The van der Waals surface area contributed by atoms with E-state index in [1.807, 2.05) is 24.3 Å². The summed E-state index contributed by atoms with van der Waals surface area (Å²) in [6.07, 6.45) is 1.51. The largest absolute Gasteiger partial charge is 0.507 e. The molecule has 0 bridgehead atoms. The van der Waals surface area contributed by atoms with Crippen LogP contribution in [0.25, 0.3) is 5.76 Å². The maximum atomic E-state index is 13.0. The SMILES string of the molecule is COc1ccc(C(O)=C2C(=O)C(=O)N(Cc3ccco3)C2c2ccc(Br)cc2)cc1. The van der Waals surface area contributed by atoms with Gasteiger partial charge in [0.05, 0.1) is 31.5 Å². The van der Waals surface area contributed by atoms with Crippen molar-refractivity contribution >= 4 is 33.4 Å². The Kier molecular flexibility index (Phi) is 5.46. The maximum absolute atomic E-state index is 13.0. The summed E-state index contributed by atoms with van der Waals surface area (Å²) in [7, 11) is 1.54. The van der Waals surface area contributed by atoms with Crippen molar-refractivity contribution in [2.24, 2.45) is 0 Å². The summed E-state index contributed by atoms with van der Waals surface area (Å²) >= 11 is 3.40. The van der Waals surface area contributed by atoms with Crippen LogP contribution < -0.4 is 4.74 Å². The molecule has 1 amide bonds. The highest BCUT2D eigenvalue weighted by Crippen LogP contribution is 2.40. The Hall–Kier alpha value is -3.32. The van der Waals surface area contributed by atoms with Crippen LogP contribution in [0, 0.1) is 0 Å². The topological polar surface area (TPSA) is 80.0 Å². The van der Waals surface area contributed by atoms with E-state index in [0.717, 1.165) is 4.47 Å². The molecule has 1 N–H and O–H groups in total. The van der Waals surface area contributed by atoms with Crippen LogP contribution >= 0.6 is 15.9 Å². The second-order valence-corrected chi connectivity index (χ2v) is 7.70. The summed E-state index contributed by atoms with van der Waals surface area (Å²) < 4.78 is 11.4. The monoisotopic (exact) mass is 467 g/mol. The van der Waals surface area contributed by atoms with E-state index >= 15 is 0 Å². The Morgan fingerprint density at radius 2 is 1.80 bits per heavy atom. The molecule has 30 heavy (non-hydrogen) atoms. The molecule has 1 aliphatic rings. The van der Waals surface area contributed by atoms with Gasteiger partial charge in [-0.3, -0.25) is 9.59 Å². The molecule has 0 aliphatic carbocycles. The fourth-order valence-electron chi connectivity index (χ4n) is 3.51. The number of methoxy groups -OCH3 is 1. The lowest BCUT2D eigenvalue weighted by Crippen LogP contribution is -2.29. The van der Waals surface area contributed by atoms with Crippen LogP contribution in [0.5, 0.6) is 5.75 Å². The van der Waals surface area contributed by atoms with Crippen molar-refractivity contribution in [2.75, 3.05) is 7.11 Å². The zero-order valence-electron chi connectivity index (χ0n) is 16.0. The van der Waals surface area contributed by atoms with Gasteiger partial charge in [0.2, 0.25) is 0 Å². The second kappa shape index (κ2) is 8.20. The number of carbonyl (C=O) groups excluding carboxylic acids is 2. The van der Waals surface area contributed by atoms with Crippen LogP contribution in [-0.4, -0.2) is 28.8 Å². The lowest BCUT2D eigenvalue weighted by atomic mass is 9.95. The van der Waals surface area contributed by atoms with Crippen LogP contribution in [0.3, 0.4) is 0 Å². The number of aliphatic hydroxyl groups excluding tert-OH is 1. The van der Waals surface area contributed by atoms with Gasteiger partial charge in [0, 0.05) is 10.0 Å². The van der Waals surface area contributed by atoms with Crippen molar-refractivity contribution < 1.29 is 23.8 Å². The second-order valence-electron chi connectivity index (χ2n) is 6.79. The van der Waals surface area contributed by atoms with Crippen molar-refractivity contribution in [3.8, 4) is 5.75 Å². The molecule has 1 aliphatic heterocycles. The average molecular weight is 468 g/mol. The number of furan rings is 1. The zero-order chi connectivity index (χ0) is 21.3. The van der Waals surface area contributed by atoms with Gasteiger partial charge in [-0.05, 0) is 54.1 Å². The number of amides is 1. The molecule has 0 radical (unpaired) electrons. The number of ketones is 1. The number of hydrogen-bond donors (Lipinski definition) is 1. The summed E-state index contributed by atoms with van der Waals surface area (Å²) in [5, 5.41) is 11.0. The van der Waals surface area contributed by atoms with Crippen molar-refractivity contribution in [1.82, 2.24) is 4.90 Å². The van der Waals surface area contributed by atoms with Gasteiger partial charge in [0.15, 0.2) is 0 Å². The minimum absolute atomic E-state index is 0.0408. The highest BCUT2D eigenvalue weighted by atomic mass is 79.9. The highest BCUT2D eigenvalue weighted by molar-refractivity contribution is 9.10. The van der Waals surface area contributed by atoms with E-state index in [2.05, 4.69) is 15.9 Å². The normalized spacial score (nSPS) is 18.1. The van der Waals surface area contributed by atoms with Crippen LogP contribution in [0.2, 0.25) is 0 Å². The number of aliphatic hydroxyl groups is 1. The van der Waals surface area contributed by atoms with Crippen LogP contribution in [0.1, 0.15) is 22.9 Å². The fourth-order valence-corrected chi connectivity index (χ4v) is 3.77. The van der Waals surface area contributed by atoms with Gasteiger partial charge < -0.3 is 19.2 Å². The summed E-state index contributed by atoms with van der Waals surface area (Å²) in [4.78, 5) is 27.3. The smallest absolute Gasteiger partial charge is 0.296 e. The Bertz CT molecular complexity index is 1100. The minimum atomic E-state index is -0.745. The Labute approximate surface area is 181 Å². The van der Waals surface area contributed by atoms with Gasteiger partial charge >= 0.3 is 0 Å². The molecule has 0 spiro atoms. The molecule has 1 unspecified atom stereocenters. The molecular weight excluding hydrogens is 450 g/mol. The molecule has 4 rings (SSSR count). The van der Waals surface area contributed by atoms with Gasteiger partial charge in [0.1, 0.15) is 17.3 Å². The molecule has 1 fully saturated rings. The molecule has 0 saturated carbocycles. The number of Topliss-reactive ketones (excluding diaryl/α,β-unsaturated/α-hetero) is 1. The predicted molar refractivity (Wildman–Crippen MR) is 114 cm³/mol. The van der Waals surface area contributed by atoms with Gasteiger partial charge in [0.25, 0.3) is 11.7 Å². The molecule has 2 aromatic carbocycles. The highest BCUT2D eigenvalue weighted by Gasteiger charge is 2.46. The van der Waals surface area contributed by atoms with Gasteiger partial charge in [-0.2, -0.15) is 0 Å². The van der Waals surface area contributed by atoms with Crippen LogP contribution in [-0.2, 0) is 16.1 Å². The first kappa shape index (κ1) is 20.0. The number of rotatable bonds is 5. The van der Waals surface area contributed by atoms with E-state index in [1.165, 1.54) is 11.2 Å². The van der Waals surface area contributed by atoms with Crippen LogP contribution in [0.4, 0.5) is 0 Å². The summed E-state index contributed by atoms with van der Waals surface area (Å²) in [5.41, 5.74) is 1.17. The Morgan fingerprint density at radius 3 is 2.40 bits per heavy atom. The minimum Gasteiger partial charge on any atom is -0.507 e. The summed E-state index contributed by atoms with van der Waals surface area (Å²) in [6.45, 7) is 0.109. The lowest BCUT2D eigenvalue weighted by Gasteiger charge is -2.24. The number of halogens is 1. The summed E-state index contributed by atoms with van der Waals surface area (Å²) in [6, 6.07) is 16.7. The molecule has 1 aromatic heterocycles. The maximum Gasteiger partial charge on any atom is 0.296 e. The van der Waals surface area contributed by atoms with E-state index < -0.39 is 17.7 Å². The first-order valence-corrected chi connectivity index (χ1v) is 9.99. The van der Waals surface area contributed by atoms with Gasteiger partial charge in [-0.25, -0.2) is 0 Å². The third-order valence-electron chi connectivity index (χ3n) is 5.00. The molecule has 1 atom stereocenters. The first-order chi connectivity index (χ1) is 14.5. The standard InChI is InChI=1S/C23H18BrNO5/c1-29-17-10-6-15(7-11-17)21(26)19-20(14-4-8-16(24)9-5-14)25(23(28)22(19)27)13-18-3-2-12-30-18/h2-12,20,26H,13H2,1H3. The predicted octanol–water partition coefficient (Wildman–Crippen LogP) is 4.67. The first-order valence-electron chi connectivity index (χ1n) is 9.20. The molecular formula is C23H18BrNO5. The average Bonchev–Trinajstić information content (AvgIpc) is 3.36. The quantitative estimate of drug-likeness (QED) is 0.335. The fraction of sp³-hybridized carbons (Fsp3) is 0.130. The molecule has 2 heterocycles. The van der Waals surface area contributed by atoms with Crippen molar-refractivity contribution in [1.29, 1.82) is 0 Å². The van der Waals surface area contributed by atoms with E-state index in [4.69, 9.17) is 9.15 Å². The number of benzene rings is 2. The molecule has 3 aromatic rings. The third kappa shape index (κ3) is 3.64. The molecule has 152 valence electrons.